The molecule has 1 atom stereocenters. The van der Waals surface area contributed by atoms with Crippen molar-refractivity contribution < 1.29 is 0 Å². The summed E-state index contributed by atoms with van der Waals surface area (Å²) in [7, 11) is 4.32. The van der Waals surface area contributed by atoms with E-state index in [-0.39, 0.29) is 0 Å². The molecule has 0 aromatic carbocycles. The van der Waals surface area contributed by atoms with Crippen LogP contribution in [0.4, 0.5) is 0 Å². The van der Waals surface area contributed by atoms with E-state index in [2.05, 4.69) is 53.6 Å². The first-order valence-corrected chi connectivity index (χ1v) is 4.43. The maximum Gasteiger partial charge on any atom is 0.0221 e. The van der Waals surface area contributed by atoms with Crippen LogP contribution in [0.15, 0.2) is 0 Å². The van der Waals surface area contributed by atoms with E-state index >= 15 is 0 Å². The Morgan fingerprint density at radius 3 is 1.36 bits per heavy atom. The summed E-state index contributed by atoms with van der Waals surface area (Å²) < 4.78 is 0. The molecule has 1 nitrogen and oxygen atoms in total. The molecule has 0 bridgehead atoms. The second kappa shape index (κ2) is 3.14. The van der Waals surface area contributed by atoms with E-state index in [1.807, 2.05) is 0 Å². The molecule has 0 aliphatic heterocycles. The zero-order valence-corrected chi connectivity index (χ0v) is 9.15. The van der Waals surface area contributed by atoms with Crippen molar-refractivity contribution in [2.24, 2.45) is 5.41 Å². The van der Waals surface area contributed by atoms with Gasteiger partial charge < -0.3 is 4.90 Å². The second-order valence-corrected chi connectivity index (χ2v) is 4.77. The monoisotopic (exact) mass is 157 g/mol. The van der Waals surface area contributed by atoms with E-state index in [0.717, 1.165) is 0 Å². The highest BCUT2D eigenvalue weighted by Crippen LogP contribution is 2.36. The van der Waals surface area contributed by atoms with E-state index in [1.54, 1.807) is 0 Å². The second-order valence-electron chi connectivity index (χ2n) is 4.77. The fraction of sp³-hybridized carbons (Fsp3) is 1.00. The van der Waals surface area contributed by atoms with Crippen LogP contribution in [0.5, 0.6) is 0 Å². The van der Waals surface area contributed by atoms with E-state index in [9.17, 15) is 0 Å². The first-order valence-electron chi connectivity index (χ1n) is 4.43. The van der Waals surface area contributed by atoms with Crippen LogP contribution < -0.4 is 0 Å². The van der Waals surface area contributed by atoms with Crippen molar-refractivity contribution in [1.29, 1.82) is 0 Å². The Balaban J connectivity index is 4.61. The molecule has 0 heterocycles. The summed E-state index contributed by atoms with van der Waals surface area (Å²) in [6.07, 6.45) is 1.20. The molecule has 0 saturated heterocycles. The van der Waals surface area contributed by atoms with Crippen molar-refractivity contribution >= 4 is 0 Å². The SMILES string of the molecule is CCC(C)(N(C)C)C(C)(C)C. The Morgan fingerprint density at radius 1 is 1.00 bits per heavy atom. The van der Waals surface area contributed by atoms with Crippen LogP contribution in [0.1, 0.15) is 41.0 Å². The molecule has 0 aliphatic rings. The summed E-state index contributed by atoms with van der Waals surface area (Å²) >= 11 is 0. The van der Waals surface area contributed by atoms with E-state index in [1.165, 1.54) is 6.42 Å². The largest absolute Gasteiger partial charge is 0.303 e. The Morgan fingerprint density at radius 2 is 1.36 bits per heavy atom. The van der Waals surface area contributed by atoms with Crippen LogP contribution >= 0.6 is 0 Å². The van der Waals surface area contributed by atoms with Gasteiger partial charge in [-0.05, 0) is 32.9 Å². The molecule has 11 heavy (non-hydrogen) atoms. The average Bonchev–Trinajstić information content (AvgIpc) is 1.83. The van der Waals surface area contributed by atoms with Gasteiger partial charge >= 0.3 is 0 Å². The fourth-order valence-corrected chi connectivity index (χ4v) is 1.52. The van der Waals surface area contributed by atoms with Crippen molar-refractivity contribution in [3.63, 3.8) is 0 Å². The lowest BCUT2D eigenvalue weighted by Crippen LogP contribution is -2.51. The van der Waals surface area contributed by atoms with Crippen molar-refractivity contribution in [2.75, 3.05) is 14.1 Å². The van der Waals surface area contributed by atoms with Gasteiger partial charge in [-0.2, -0.15) is 0 Å². The van der Waals surface area contributed by atoms with Gasteiger partial charge in [0, 0.05) is 5.54 Å². The predicted molar refractivity (Wildman–Crippen MR) is 51.8 cm³/mol. The number of hydrogen-bond acceptors (Lipinski definition) is 1. The highest BCUT2D eigenvalue weighted by atomic mass is 15.1. The van der Waals surface area contributed by atoms with Gasteiger partial charge in [-0.25, -0.2) is 0 Å². The molecule has 0 saturated carbocycles. The Bertz CT molecular complexity index is 121. The molecule has 0 radical (unpaired) electrons. The molecule has 68 valence electrons. The first kappa shape index (κ1) is 11.0. The van der Waals surface area contributed by atoms with Crippen molar-refractivity contribution in [3.05, 3.63) is 0 Å². The highest BCUT2D eigenvalue weighted by molar-refractivity contribution is 4.92. The molecule has 0 N–H and O–H groups in total. The van der Waals surface area contributed by atoms with E-state index < -0.39 is 0 Å². The molecule has 0 amide bonds. The van der Waals surface area contributed by atoms with Crippen LogP contribution in [0.3, 0.4) is 0 Å². The molecule has 0 spiro atoms. The van der Waals surface area contributed by atoms with Gasteiger partial charge in [-0.1, -0.05) is 27.7 Å². The van der Waals surface area contributed by atoms with E-state index in [4.69, 9.17) is 0 Å². The van der Waals surface area contributed by atoms with Crippen LogP contribution in [0.25, 0.3) is 0 Å². The van der Waals surface area contributed by atoms with Gasteiger partial charge in [0.05, 0.1) is 0 Å². The Kier molecular flexibility index (Phi) is 3.13. The van der Waals surface area contributed by atoms with E-state index in [0.29, 0.717) is 11.0 Å². The average molecular weight is 157 g/mol. The van der Waals surface area contributed by atoms with Crippen molar-refractivity contribution in [1.82, 2.24) is 4.90 Å². The summed E-state index contributed by atoms with van der Waals surface area (Å²) in [5.74, 6) is 0. The third-order valence-corrected chi connectivity index (χ3v) is 3.29. The fourth-order valence-electron chi connectivity index (χ4n) is 1.52. The zero-order valence-electron chi connectivity index (χ0n) is 9.15. The minimum absolute atomic E-state index is 0.312. The van der Waals surface area contributed by atoms with Gasteiger partial charge in [0.1, 0.15) is 0 Å². The van der Waals surface area contributed by atoms with Crippen molar-refractivity contribution in [2.45, 2.75) is 46.6 Å². The smallest absolute Gasteiger partial charge is 0.0221 e. The number of rotatable bonds is 2. The Labute approximate surface area is 71.8 Å². The zero-order chi connectivity index (χ0) is 9.28. The summed E-state index contributed by atoms with van der Waals surface area (Å²) in [5, 5.41) is 0. The normalized spacial score (nSPS) is 18.5. The van der Waals surface area contributed by atoms with Gasteiger partial charge in [-0.3, -0.25) is 0 Å². The van der Waals surface area contributed by atoms with Crippen LogP contribution in [0, 0.1) is 5.41 Å². The first-order chi connectivity index (χ1) is 4.75. The number of nitrogens with zero attached hydrogens (tertiary/aromatic N) is 1. The van der Waals surface area contributed by atoms with Crippen LogP contribution in [-0.2, 0) is 0 Å². The van der Waals surface area contributed by atoms with Gasteiger partial charge in [0.2, 0.25) is 0 Å². The predicted octanol–water partition coefficient (Wildman–Crippen LogP) is 2.76. The minimum atomic E-state index is 0.312. The lowest BCUT2D eigenvalue weighted by atomic mass is 9.72. The molecule has 0 aliphatic carbocycles. The Hall–Kier alpha value is -0.0400. The molecular weight excluding hydrogens is 134 g/mol. The van der Waals surface area contributed by atoms with Gasteiger partial charge in [0.25, 0.3) is 0 Å². The standard InChI is InChI=1S/C10H23N/c1-8-10(5,11(6)7)9(2,3)4/h8H2,1-7H3. The minimum Gasteiger partial charge on any atom is -0.303 e. The van der Waals surface area contributed by atoms with Gasteiger partial charge in [-0.15, -0.1) is 0 Å². The summed E-state index contributed by atoms with van der Waals surface area (Å²) in [4.78, 5) is 2.33. The molecule has 0 aromatic heterocycles. The third kappa shape index (κ3) is 1.96. The number of hydrogen-bond donors (Lipinski definition) is 0. The third-order valence-electron chi connectivity index (χ3n) is 3.29. The molecule has 1 heteroatoms. The summed E-state index contributed by atoms with van der Waals surface area (Å²) in [5.41, 5.74) is 0.665. The molecular formula is C10H23N. The summed E-state index contributed by atoms with van der Waals surface area (Å²) in [6, 6.07) is 0. The molecule has 0 aromatic rings. The van der Waals surface area contributed by atoms with Crippen LogP contribution in [0.2, 0.25) is 0 Å². The molecule has 0 rings (SSSR count). The topological polar surface area (TPSA) is 3.24 Å². The van der Waals surface area contributed by atoms with Gasteiger partial charge in [0.15, 0.2) is 0 Å². The molecule has 1 unspecified atom stereocenters. The molecule has 0 fully saturated rings. The summed E-state index contributed by atoms with van der Waals surface area (Å²) in [6.45, 7) is 11.5. The highest BCUT2D eigenvalue weighted by Gasteiger charge is 2.37. The maximum absolute atomic E-state index is 2.33. The van der Waals surface area contributed by atoms with Crippen molar-refractivity contribution in [3.8, 4) is 0 Å². The van der Waals surface area contributed by atoms with Crippen LogP contribution in [-0.4, -0.2) is 24.5 Å². The quantitative estimate of drug-likeness (QED) is 0.596. The lowest BCUT2D eigenvalue weighted by Gasteiger charge is -2.46. The lowest BCUT2D eigenvalue weighted by molar-refractivity contribution is 0.0430. The maximum atomic E-state index is 2.33.